The third kappa shape index (κ3) is 2.87. The lowest BCUT2D eigenvalue weighted by molar-refractivity contribution is -0.141. The van der Waals surface area contributed by atoms with Crippen molar-refractivity contribution in [3.05, 3.63) is 17.8 Å². The fraction of sp³-hybridized carbons (Fsp3) is 0.647. The lowest BCUT2D eigenvalue weighted by atomic mass is 10.0. The minimum absolute atomic E-state index is 0.127. The Kier molecular flexibility index (Phi) is 3.83. The molecule has 142 valence electrons. The van der Waals surface area contributed by atoms with Gasteiger partial charge in [0, 0.05) is 37.8 Å². The second-order valence-corrected chi connectivity index (χ2v) is 7.52. The van der Waals surface area contributed by atoms with Gasteiger partial charge in [-0.05, 0) is 30.7 Å². The van der Waals surface area contributed by atoms with Gasteiger partial charge in [-0.1, -0.05) is 0 Å². The second-order valence-electron chi connectivity index (χ2n) is 7.52. The Labute approximate surface area is 148 Å². The molecule has 4 atom stereocenters. The number of anilines is 2. The zero-order valence-electron chi connectivity index (χ0n) is 14.1. The van der Waals surface area contributed by atoms with Gasteiger partial charge in [-0.2, -0.15) is 13.2 Å². The minimum Gasteiger partial charge on any atom is -0.481 e. The van der Waals surface area contributed by atoms with Crippen LogP contribution < -0.4 is 9.80 Å². The van der Waals surface area contributed by atoms with Crippen molar-refractivity contribution in [1.82, 2.24) is 4.98 Å². The van der Waals surface area contributed by atoms with Crippen molar-refractivity contribution >= 4 is 17.5 Å². The summed E-state index contributed by atoms with van der Waals surface area (Å²) in [7, 11) is 0. The van der Waals surface area contributed by atoms with Crippen LogP contribution in [0.25, 0.3) is 0 Å². The molecule has 0 aromatic carbocycles. The first-order valence-electron chi connectivity index (χ1n) is 8.66. The van der Waals surface area contributed by atoms with Crippen molar-refractivity contribution in [2.45, 2.75) is 31.7 Å². The zero-order chi connectivity index (χ0) is 18.8. The van der Waals surface area contributed by atoms with E-state index in [9.17, 15) is 23.1 Å². The number of aromatic nitrogens is 1. The molecule has 2 N–H and O–H groups in total. The first kappa shape index (κ1) is 17.4. The summed E-state index contributed by atoms with van der Waals surface area (Å²) in [4.78, 5) is 18.1. The normalized spacial score (nSPS) is 33.0. The maximum absolute atomic E-state index is 13.3. The van der Waals surface area contributed by atoms with Crippen LogP contribution in [0.4, 0.5) is 24.7 Å². The number of pyridine rings is 1. The molecule has 1 aromatic heterocycles. The van der Waals surface area contributed by atoms with Crippen LogP contribution in [0, 0.1) is 17.8 Å². The first-order valence-corrected chi connectivity index (χ1v) is 8.66. The molecule has 2 aliphatic heterocycles. The number of aliphatic hydroxyl groups excluding tert-OH is 1. The maximum atomic E-state index is 13.3. The number of rotatable bonds is 4. The number of alkyl halides is 3. The highest BCUT2D eigenvalue weighted by Gasteiger charge is 2.56. The number of carbonyl (C=O) groups is 1. The highest BCUT2D eigenvalue weighted by atomic mass is 19.4. The summed E-state index contributed by atoms with van der Waals surface area (Å²) in [6.45, 7) is 3.15. The van der Waals surface area contributed by atoms with Crippen LogP contribution in [0.15, 0.2) is 12.1 Å². The summed E-state index contributed by atoms with van der Waals surface area (Å²) in [6, 6.07) is 2.42. The van der Waals surface area contributed by atoms with Gasteiger partial charge in [-0.15, -0.1) is 0 Å². The summed E-state index contributed by atoms with van der Waals surface area (Å²) < 4.78 is 39.8. The predicted molar refractivity (Wildman–Crippen MR) is 87.0 cm³/mol. The second kappa shape index (κ2) is 5.73. The molecule has 0 amide bonds. The van der Waals surface area contributed by atoms with E-state index in [0.29, 0.717) is 18.8 Å². The van der Waals surface area contributed by atoms with Crippen molar-refractivity contribution in [1.29, 1.82) is 0 Å². The molecule has 0 radical (unpaired) electrons. The molecular formula is C17H20F3N3O3. The van der Waals surface area contributed by atoms with Gasteiger partial charge in [0.05, 0.1) is 12.1 Å². The molecule has 3 fully saturated rings. The van der Waals surface area contributed by atoms with Crippen LogP contribution in [-0.2, 0) is 11.0 Å². The zero-order valence-corrected chi connectivity index (χ0v) is 14.1. The Bertz CT molecular complexity index is 730. The van der Waals surface area contributed by atoms with Crippen LogP contribution in [0.1, 0.15) is 19.0 Å². The summed E-state index contributed by atoms with van der Waals surface area (Å²) in [5.41, 5.74) is -0.488. The highest BCUT2D eigenvalue weighted by molar-refractivity contribution is 5.68. The Morgan fingerprint density at radius 1 is 1.27 bits per heavy atom. The molecule has 3 heterocycles. The number of nitrogens with zero attached hydrogens (tertiary/aromatic N) is 3. The van der Waals surface area contributed by atoms with Crippen molar-refractivity contribution in [2.75, 3.05) is 29.4 Å². The fourth-order valence-corrected chi connectivity index (χ4v) is 4.23. The molecule has 1 aromatic rings. The fourth-order valence-electron chi connectivity index (χ4n) is 4.23. The lowest BCUT2D eigenvalue weighted by Crippen LogP contribution is -2.59. The number of piperidine rings is 1. The number of hydrogen-bond acceptors (Lipinski definition) is 5. The van der Waals surface area contributed by atoms with Crippen LogP contribution in [0.5, 0.6) is 0 Å². The van der Waals surface area contributed by atoms with E-state index >= 15 is 0 Å². The topological polar surface area (TPSA) is 76.9 Å². The average Bonchev–Trinajstić information content (AvgIpc) is 3.00. The predicted octanol–water partition coefficient (Wildman–Crippen LogP) is 1.83. The van der Waals surface area contributed by atoms with E-state index in [0.717, 1.165) is 6.07 Å². The number of carboxylic acid groups (broad SMARTS) is 1. The van der Waals surface area contributed by atoms with Gasteiger partial charge in [-0.3, -0.25) is 4.79 Å². The molecular weight excluding hydrogens is 351 g/mol. The minimum atomic E-state index is -4.55. The lowest BCUT2D eigenvalue weighted by Gasteiger charge is -2.44. The Morgan fingerprint density at radius 2 is 1.92 bits per heavy atom. The molecule has 1 aliphatic carbocycles. The molecule has 6 nitrogen and oxygen atoms in total. The monoisotopic (exact) mass is 371 g/mol. The van der Waals surface area contributed by atoms with Crippen molar-refractivity contribution in [2.24, 2.45) is 17.8 Å². The molecule has 2 unspecified atom stereocenters. The van der Waals surface area contributed by atoms with E-state index in [1.165, 1.54) is 0 Å². The van der Waals surface area contributed by atoms with Crippen LogP contribution in [-0.4, -0.2) is 52.9 Å². The molecule has 26 heavy (non-hydrogen) atoms. The Hall–Kier alpha value is -2.03. The van der Waals surface area contributed by atoms with Gasteiger partial charge < -0.3 is 20.0 Å². The number of aliphatic carboxylic acids is 1. The highest BCUT2D eigenvalue weighted by Crippen LogP contribution is 2.54. The van der Waals surface area contributed by atoms with Crippen molar-refractivity contribution in [3.8, 4) is 0 Å². The number of halogens is 3. The maximum Gasteiger partial charge on any atom is 0.433 e. The quantitative estimate of drug-likeness (QED) is 0.841. The summed E-state index contributed by atoms with van der Waals surface area (Å²) >= 11 is 0. The van der Waals surface area contributed by atoms with Gasteiger partial charge in [0.15, 0.2) is 0 Å². The van der Waals surface area contributed by atoms with E-state index in [4.69, 9.17) is 5.11 Å². The van der Waals surface area contributed by atoms with Gasteiger partial charge in [0.25, 0.3) is 0 Å². The number of fused-ring (bicyclic) bond motifs is 1. The van der Waals surface area contributed by atoms with E-state index in [1.807, 2.05) is 4.90 Å². The summed E-state index contributed by atoms with van der Waals surface area (Å²) in [5.74, 6) is 0.00317. The van der Waals surface area contributed by atoms with Crippen molar-refractivity contribution in [3.63, 3.8) is 0 Å². The average molecular weight is 371 g/mol. The molecule has 2 saturated heterocycles. The van der Waals surface area contributed by atoms with Gasteiger partial charge >= 0.3 is 12.1 Å². The summed E-state index contributed by atoms with van der Waals surface area (Å²) in [5, 5.41) is 18.5. The SMILES string of the molecule is C[C@H]1[C@H](O)CN1c1cc(N2CC3C(CC(=O)O)C3C2)cc(C(F)(F)F)n1. The third-order valence-electron chi connectivity index (χ3n) is 5.96. The molecule has 0 bridgehead atoms. The van der Waals surface area contributed by atoms with E-state index in [-0.39, 0.29) is 42.6 Å². The third-order valence-corrected chi connectivity index (χ3v) is 5.96. The van der Waals surface area contributed by atoms with E-state index in [1.54, 1.807) is 17.9 Å². The Morgan fingerprint density at radius 3 is 2.42 bits per heavy atom. The van der Waals surface area contributed by atoms with Gasteiger partial charge in [0.2, 0.25) is 0 Å². The number of aliphatic hydroxyl groups is 1. The van der Waals surface area contributed by atoms with Crippen LogP contribution in [0.3, 0.4) is 0 Å². The molecule has 0 spiro atoms. The largest absolute Gasteiger partial charge is 0.481 e. The first-order chi connectivity index (χ1) is 12.1. The molecule has 1 saturated carbocycles. The van der Waals surface area contributed by atoms with Gasteiger partial charge in [0.1, 0.15) is 11.5 Å². The summed E-state index contributed by atoms with van der Waals surface area (Å²) in [6.07, 6.45) is -4.99. The molecule has 9 heteroatoms. The van der Waals surface area contributed by atoms with Gasteiger partial charge in [-0.25, -0.2) is 4.98 Å². The molecule has 4 rings (SSSR count). The van der Waals surface area contributed by atoms with E-state index in [2.05, 4.69) is 4.98 Å². The number of carboxylic acids is 1. The number of β-amino-alcohol motifs (C(OH)–C–C–N with tert-alkyl or cyclic N) is 1. The Balaban J connectivity index is 1.56. The molecule has 3 aliphatic rings. The standard InChI is InChI=1S/C17H20F3N3O3/c1-8-13(24)7-23(8)15-3-9(2-14(21-15)17(18,19)20)22-5-11-10(4-16(25)26)12(11)6-22/h2-3,8,10-13,24H,4-7H2,1H3,(H,25,26)/t8-,10?,11?,12?,13+/m0/s1. The van der Waals surface area contributed by atoms with Crippen LogP contribution >= 0.6 is 0 Å². The smallest absolute Gasteiger partial charge is 0.433 e. The van der Waals surface area contributed by atoms with E-state index < -0.39 is 23.9 Å². The van der Waals surface area contributed by atoms with Crippen molar-refractivity contribution < 1.29 is 28.2 Å². The number of hydrogen-bond donors (Lipinski definition) is 2. The van der Waals surface area contributed by atoms with Crippen LogP contribution in [0.2, 0.25) is 0 Å².